The predicted molar refractivity (Wildman–Crippen MR) is 132 cm³/mol. The molecule has 0 radical (unpaired) electrons. The van der Waals surface area contributed by atoms with Gasteiger partial charge in [-0.1, -0.05) is 40.2 Å². The van der Waals surface area contributed by atoms with Crippen LogP contribution < -0.4 is 0 Å². The van der Waals surface area contributed by atoms with Crippen LogP contribution in [0.25, 0.3) is 0 Å². The van der Waals surface area contributed by atoms with E-state index in [9.17, 15) is 25.1 Å². The number of fused-ring (bicyclic) bond motifs is 4. The molecule has 0 unspecified atom stereocenters. The second-order valence-corrected chi connectivity index (χ2v) is 14.6. The molecule has 0 aromatic rings. The van der Waals surface area contributed by atoms with Crippen molar-refractivity contribution in [3.63, 3.8) is 0 Å². The van der Waals surface area contributed by atoms with E-state index < -0.39 is 32.9 Å². The smallest absolute Gasteiger partial charge is 0.313 e. The number of carbonyl (C=O) groups is 2. The van der Waals surface area contributed by atoms with Crippen LogP contribution in [0, 0.1) is 50.2 Å². The Morgan fingerprint density at radius 1 is 1.00 bits per heavy atom. The van der Waals surface area contributed by atoms with Gasteiger partial charge in [0.2, 0.25) is 0 Å². The fraction of sp³-hybridized carbons (Fsp3) is 0.767. The van der Waals surface area contributed by atoms with E-state index in [2.05, 4.69) is 33.8 Å². The summed E-state index contributed by atoms with van der Waals surface area (Å²) in [6, 6.07) is 2.12. The molecule has 1 heterocycles. The number of hydrogen-bond acceptors (Lipinski definition) is 6. The summed E-state index contributed by atoms with van der Waals surface area (Å²) in [6.07, 6.45) is 7.40. The van der Waals surface area contributed by atoms with Gasteiger partial charge in [-0.15, -0.1) is 0 Å². The van der Waals surface area contributed by atoms with Gasteiger partial charge in [-0.05, 0) is 75.2 Å². The van der Waals surface area contributed by atoms with Gasteiger partial charge in [-0.25, -0.2) is 0 Å². The summed E-state index contributed by atoms with van der Waals surface area (Å²) in [5.41, 5.74) is -3.82. The van der Waals surface area contributed by atoms with Crippen molar-refractivity contribution in [1.82, 2.24) is 0 Å². The lowest BCUT2D eigenvalue weighted by Crippen LogP contribution is -2.71. The summed E-state index contributed by atoms with van der Waals surface area (Å²) >= 11 is 0. The lowest BCUT2D eigenvalue weighted by molar-refractivity contribution is -0.210. The molecule has 194 valence electrons. The molecule has 4 fully saturated rings. The van der Waals surface area contributed by atoms with E-state index in [0.29, 0.717) is 6.42 Å². The molecule has 6 heteroatoms. The minimum Gasteiger partial charge on any atom is -0.508 e. The van der Waals surface area contributed by atoms with E-state index in [1.54, 1.807) is 13.0 Å². The zero-order valence-electron chi connectivity index (χ0n) is 22.5. The minimum absolute atomic E-state index is 0.0360. The third kappa shape index (κ3) is 2.30. The average Bonchev–Trinajstić information content (AvgIpc) is 2.98. The van der Waals surface area contributed by atoms with Crippen molar-refractivity contribution in [1.29, 1.82) is 5.26 Å². The van der Waals surface area contributed by atoms with Gasteiger partial charge in [0.25, 0.3) is 0 Å². The SMILES string of the molecule is CC1(C)CC[C@@]23CC[C@@]4(C)[C@]5(C)CC[C@H]6[C@](C)(O)C(O)=C(C#N)C[C@]6(C)C5=CC(=O)[C@]4(OC2=O)[C@@H]3C1. The van der Waals surface area contributed by atoms with Crippen LogP contribution in [0.1, 0.15) is 92.9 Å². The summed E-state index contributed by atoms with van der Waals surface area (Å²) < 4.78 is 6.42. The first-order chi connectivity index (χ1) is 16.6. The molecule has 0 amide bonds. The van der Waals surface area contributed by atoms with Gasteiger partial charge in [0.15, 0.2) is 11.4 Å². The molecule has 1 spiro atoms. The fourth-order valence-corrected chi connectivity index (χ4v) is 10.4. The number of hydrogen-bond donors (Lipinski definition) is 2. The molecular weight excluding hydrogens is 454 g/mol. The molecule has 2 N–H and O–H groups in total. The Bertz CT molecular complexity index is 1220. The van der Waals surface area contributed by atoms with Gasteiger partial charge in [0, 0.05) is 22.7 Å². The number of nitrogens with zero attached hydrogens (tertiary/aromatic N) is 1. The van der Waals surface area contributed by atoms with Crippen molar-refractivity contribution in [2.24, 2.45) is 38.9 Å². The zero-order valence-corrected chi connectivity index (χ0v) is 22.5. The van der Waals surface area contributed by atoms with E-state index >= 15 is 0 Å². The van der Waals surface area contributed by atoms with Crippen LogP contribution in [-0.4, -0.2) is 33.2 Å². The number of ether oxygens (including phenoxy) is 1. The molecule has 0 aromatic heterocycles. The highest BCUT2D eigenvalue weighted by Crippen LogP contribution is 2.78. The Labute approximate surface area is 213 Å². The second kappa shape index (κ2) is 6.46. The molecule has 3 saturated carbocycles. The Morgan fingerprint density at radius 3 is 2.33 bits per heavy atom. The van der Waals surface area contributed by atoms with E-state index in [0.717, 1.165) is 44.1 Å². The van der Waals surface area contributed by atoms with Crippen LogP contribution in [0.3, 0.4) is 0 Å². The van der Waals surface area contributed by atoms with Gasteiger partial charge in [-0.3, -0.25) is 9.59 Å². The lowest BCUT2D eigenvalue weighted by Gasteiger charge is -2.69. The number of aliphatic hydroxyl groups is 2. The topological polar surface area (TPSA) is 108 Å². The van der Waals surface area contributed by atoms with Crippen LogP contribution in [0.5, 0.6) is 0 Å². The van der Waals surface area contributed by atoms with Crippen LogP contribution in [0.4, 0.5) is 0 Å². The van der Waals surface area contributed by atoms with Crippen molar-refractivity contribution in [2.45, 2.75) is 104 Å². The quantitative estimate of drug-likeness (QED) is 0.443. The van der Waals surface area contributed by atoms with Crippen LogP contribution in [-0.2, 0) is 14.3 Å². The van der Waals surface area contributed by atoms with Gasteiger partial charge in [0.05, 0.1) is 17.1 Å². The van der Waals surface area contributed by atoms with E-state index in [-0.39, 0.29) is 46.8 Å². The molecule has 36 heavy (non-hydrogen) atoms. The number of allylic oxidation sites excluding steroid dienone is 2. The first kappa shape index (κ1) is 24.2. The van der Waals surface area contributed by atoms with Crippen molar-refractivity contribution in [3.05, 3.63) is 23.0 Å². The molecule has 8 atom stereocenters. The van der Waals surface area contributed by atoms with Crippen molar-refractivity contribution in [2.75, 3.05) is 0 Å². The summed E-state index contributed by atoms with van der Waals surface area (Å²) in [6.45, 7) is 12.5. The highest BCUT2D eigenvalue weighted by atomic mass is 16.6. The van der Waals surface area contributed by atoms with E-state index in [1.165, 1.54) is 0 Å². The van der Waals surface area contributed by atoms with Gasteiger partial charge in [0.1, 0.15) is 11.4 Å². The highest BCUT2D eigenvalue weighted by Gasteiger charge is 2.82. The van der Waals surface area contributed by atoms with E-state index in [4.69, 9.17) is 4.74 Å². The number of carbonyl (C=O) groups excluding carboxylic acids is 2. The summed E-state index contributed by atoms with van der Waals surface area (Å²) in [7, 11) is 0. The molecule has 0 aromatic carbocycles. The standard InChI is InChI=1S/C30H39NO5/c1-24(2)9-11-29-12-10-27(5)26(4)8-7-18-25(3,14-17(16-31)22(33)28(18,6)35)19(26)13-21(32)30(27,20(29)15-24)36-23(29)34/h13,18,20,33,35H,7-12,14-15H2,1-6H3/t18-,20-,25+,26-,27+,28+,29+,30-/m1/s1. The zero-order chi connectivity index (χ0) is 26.3. The van der Waals surface area contributed by atoms with Crippen LogP contribution in [0.2, 0.25) is 0 Å². The molecule has 1 aliphatic heterocycles. The number of nitriles is 1. The molecule has 1 saturated heterocycles. The molecule has 2 bridgehead atoms. The Kier molecular flexibility index (Phi) is 4.35. The Morgan fingerprint density at radius 2 is 1.67 bits per heavy atom. The monoisotopic (exact) mass is 493 g/mol. The molecule has 6 rings (SSSR count). The largest absolute Gasteiger partial charge is 0.508 e. The summed E-state index contributed by atoms with van der Waals surface area (Å²) in [5.74, 6) is -0.998. The first-order valence-corrected chi connectivity index (χ1v) is 13.6. The first-order valence-electron chi connectivity index (χ1n) is 13.6. The van der Waals surface area contributed by atoms with E-state index in [1.807, 2.05) is 6.92 Å². The Balaban J connectivity index is 1.58. The maximum atomic E-state index is 14.5. The number of ketones is 1. The molecule has 6 aliphatic rings. The maximum Gasteiger partial charge on any atom is 0.313 e. The third-order valence-electron chi connectivity index (χ3n) is 12.6. The average molecular weight is 494 g/mol. The van der Waals surface area contributed by atoms with Crippen molar-refractivity contribution >= 4 is 11.8 Å². The van der Waals surface area contributed by atoms with Crippen LogP contribution in [0.15, 0.2) is 23.0 Å². The van der Waals surface area contributed by atoms with Gasteiger partial charge in [-0.2, -0.15) is 5.26 Å². The molecule has 5 aliphatic carbocycles. The lowest BCUT2D eigenvalue weighted by atomic mass is 9.34. The van der Waals surface area contributed by atoms with Crippen LogP contribution >= 0.6 is 0 Å². The normalized spacial score (nSPS) is 52.8. The third-order valence-corrected chi connectivity index (χ3v) is 12.6. The predicted octanol–water partition coefficient (Wildman–Crippen LogP) is 5.32. The van der Waals surface area contributed by atoms with Crippen molar-refractivity contribution in [3.8, 4) is 6.07 Å². The number of rotatable bonds is 0. The fourth-order valence-electron chi connectivity index (χ4n) is 10.4. The maximum absolute atomic E-state index is 14.5. The Hall–Kier alpha value is -2.13. The number of aliphatic hydroxyl groups excluding tert-OH is 1. The van der Waals surface area contributed by atoms with Gasteiger partial charge >= 0.3 is 5.97 Å². The van der Waals surface area contributed by atoms with Gasteiger partial charge < -0.3 is 14.9 Å². The highest BCUT2D eigenvalue weighted by molar-refractivity contribution is 6.05. The summed E-state index contributed by atoms with van der Waals surface area (Å²) in [5, 5.41) is 32.0. The molecule has 6 nitrogen and oxygen atoms in total. The van der Waals surface area contributed by atoms with Crippen molar-refractivity contribution < 1.29 is 24.5 Å². The number of esters is 1. The molecular formula is C30H39NO5. The minimum atomic E-state index is -1.55. The second-order valence-electron chi connectivity index (χ2n) is 14.6. The summed E-state index contributed by atoms with van der Waals surface area (Å²) in [4.78, 5) is 28.1.